The van der Waals surface area contributed by atoms with Gasteiger partial charge in [0.15, 0.2) is 11.5 Å². The highest BCUT2D eigenvalue weighted by Crippen LogP contribution is 2.43. The van der Waals surface area contributed by atoms with Crippen molar-refractivity contribution in [3.05, 3.63) is 65.5 Å². The topological polar surface area (TPSA) is 110 Å². The summed E-state index contributed by atoms with van der Waals surface area (Å²) in [6.45, 7) is 0. The van der Waals surface area contributed by atoms with Gasteiger partial charge in [-0.05, 0) is 29.8 Å². The van der Waals surface area contributed by atoms with Gasteiger partial charge in [0, 0.05) is 30.3 Å². The average molecular weight is 408 g/mol. The summed E-state index contributed by atoms with van der Waals surface area (Å²) in [5, 5.41) is 22.7. The summed E-state index contributed by atoms with van der Waals surface area (Å²) in [4.78, 5) is 24.3. The predicted molar refractivity (Wildman–Crippen MR) is 109 cm³/mol. The normalized spacial score (nSPS) is 15.3. The number of nitrogens with one attached hydrogen (secondary N) is 1. The Morgan fingerprint density at radius 2 is 1.97 bits per heavy atom. The van der Waals surface area contributed by atoms with Crippen molar-refractivity contribution in [2.45, 2.75) is 12.3 Å². The van der Waals surface area contributed by atoms with E-state index in [-0.39, 0.29) is 29.3 Å². The molecule has 154 valence electrons. The van der Waals surface area contributed by atoms with Crippen LogP contribution in [-0.4, -0.2) is 40.9 Å². The highest BCUT2D eigenvalue weighted by Gasteiger charge is 2.34. The number of amides is 1. The van der Waals surface area contributed by atoms with E-state index in [9.17, 15) is 19.8 Å². The van der Waals surface area contributed by atoms with Crippen molar-refractivity contribution in [3.63, 3.8) is 0 Å². The number of carboxylic acid groups (broad SMARTS) is 1. The minimum absolute atomic E-state index is 0.0106. The third kappa shape index (κ3) is 3.22. The number of ether oxygens (including phenoxy) is 2. The Hall–Kier alpha value is -3.94. The molecule has 2 heterocycles. The summed E-state index contributed by atoms with van der Waals surface area (Å²) in [6, 6.07) is 12.1. The molecule has 8 heteroatoms. The van der Waals surface area contributed by atoms with Crippen molar-refractivity contribution in [2.75, 3.05) is 19.5 Å². The molecular weight excluding hydrogens is 388 g/mol. The molecule has 2 aromatic carbocycles. The lowest BCUT2D eigenvalue weighted by molar-refractivity contribution is -0.116. The first kappa shape index (κ1) is 19.4. The zero-order valence-electron chi connectivity index (χ0n) is 16.4. The van der Waals surface area contributed by atoms with Gasteiger partial charge in [0.2, 0.25) is 5.91 Å². The van der Waals surface area contributed by atoms with E-state index >= 15 is 0 Å². The maximum absolute atomic E-state index is 12.4. The standard InChI is InChI=1S/C22H20N2O6/c1-29-14-5-3-4-13(9-14)24-11-16(22(27)28)20-21(24)15(10-19(26)23-20)12-6-7-18(30-2)17(25)8-12/h3-9,11,15,25H,10H2,1-2H3,(H,23,26)(H,27,28)/t15-/m1/s1. The lowest BCUT2D eigenvalue weighted by Gasteiger charge is -2.26. The van der Waals surface area contributed by atoms with Crippen LogP contribution in [0.15, 0.2) is 48.7 Å². The van der Waals surface area contributed by atoms with Crippen LogP contribution < -0.4 is 14.8 Å². The van der Waals surface area contributed by atoms with Gasteiger partial charge in [-0.2, -0.15) is 0 Å². The maximum atomic E-state index is 12.4. The number of rotatable bonds is 5. The third-order valence-corrected chi connectivity index (χ3v) is 5.19. The average Bonchev–Trinajstić information content (AvgIpc) is 3.12. The van der Waals surface area contributed by atoms with E-state index in [2.05, 4.69) is 5.32 Å². The Bertz CT molecular complexity index is 1150. The van der Waals surface area contributed by atoms with Gasteiger partial charge in [0.05, 0.1) is 25.6 Å². The number of aromatic hydroxyl groups is 1. The van der Waals surface area contributed by atoms with Gasteiger partial charge >= 0.3 is 5.97 Å². The number of phenolic OH excluding ortho intramolecular Hbond substituents is 1. The Balaban J connectivity index is 1.95. The summed E-state index contributed by atoms with van der Waals surface area (Å²) < 4.78 is 12.1. The second kappa shape index (κ2) is 7.47. The van der Waals surface area contributed by atoms with Gasteiger partial charge in [0.25, 0.3) is 0 Å². The van der Waals surface area contributed by atoms with E-state index < -0.39 is 11.9 Å². The van der Waals surface area contributed by atoms with E-state index in [4.69, 9.17) is 9.47 Å². The number of methoxy groups -OCH3 is 2. The van der Waals surface area contributed by atoms with Crippen molar-refractivity contribution in [1.29, 1.82) is 0 Å². The van der Waals surface area contributed by atoms with E-state index in [0.29, 0.717) is 28.4 Å². The van der Waals surface area contributed by atoms with Gasteiger partial charge in [-0.15, -0.1) is 0 Å². The molecule has 3 N–H and O–H groups in total. The molecule has 0 fully saturated rings. The molecule has 0 saturated heterocycles. The van der Waals surface area contributed by atoms with Crippen LogP contribution in [0.5, 0.6) is 17.2 Å². The van der Waals surface area contributed by atoms with Gasteiger partial charge in [0.1, 0.15) is 11.3 Å². The quantitative estimate of drug-likeness (QED) is 0.597. The Labute approximate surface area is 172 Å². The zero-order valence-corrected chi connectivity index (χ0v) is 16.4. The van der Waals surface area contributed by atoms with Gasteiger partial charge in [-0.1, -0.05) is 12.1 Å². The molecule has 1 amide bonds. The molecule has 0 spiro atoms. The van der Waals surface area contributed by atoms with Gasteiger partial charge in [-0.25, -0.2) is 4.79 Å². The fourth-order valence-corrected chi connectivity index (χ4v) is 3.80. The lowest BCUT2D eigenvalue weighted by Crippen LogP contribution is -2.25. The third-order valence-electron chi connectivity index (χ3n) is 5.19. The van der Waals surface area contributed by atoms with E-state index in [0.717, 1.165) is 0 Å². The minimum Gasteiger partial charge on any atom is -0.504 e. The van der Waals surface area contributed by atoms with Crippen LogP contribution >= 0.6 is 0 Å². The van der Waals surface area contributed by atoms with Gasteiger partial charge < -0.3 is 29.6 Å². The second-order valence-electron chi connectivity index (χ2n) is 6.92. The number of hydrogen-bond acceptors (Lipinski definition) is 5. The number of carbonyl (C=O) groups is 2. The molecule has 4 rings (SSSR count). The lowest BCUT2D eigenvalue weighted by atomic mass is 9.88. The number of benzene rings is 2. The molecule has 8 nitrogen and oxygen atoms in total. The van der Waals surface area contributed by atoms with E-state index in [1.165, 1.54) is 19.4 Å². The summed E-state index contributed by atoms with van der Waals surface area (Å²) >= 11 is 0. The molecule has 1 aliphatic rings. The molecule has 1 aliphatic heterocycles. The fraction of sp³-hybridized carbons (Fsp3) is 0.182. The Morgan fingerprint density at radius 3 is 2.63 bits per heavy atom. The Morgan fingerprint density at radius 1 is 1.17 bits per heavy atom. The molecule has 0 radical (unpaired) electrons. The summed E-state index contributed by atoms with van der Waals surface area (Å²) in [5.74, 6) is -1.04. The number of anilines is 1. The first-order valence-corrected chi connectivity index (χ1v) is 9.22. The number of hydrogen-bond donors (Lipinski definition) is 3. The molecular formula is C22H20N2O6. The molecule has 1 atom stereocenters. The highest BCUT2D eigenvalue weighted by molar-refractivity contribution is 6.04. The fourth-order valence-electron chi connectivity index (χ4n) is 3.80. The van der Waals surface area contributed by atoms with Gasteiger partial charge in [-0.3, -0.25) is 4.79 Å². The van der Waals surface area contributed by atoms with Crippen LogP contribution in [0.25, 0.3) is 5.69 Å². The number of aromatic carboxylic acids is 1. The van der Waals surface area contributed by atoms with E-state index in [1.54, 1.807) is 42.0 Å². The molecule has 0 unspecified atom stereocenters. The zero-order chi connectivity index (χ0) is 21.4. The van der Waals surface area contributed by atoms with Crippen LogP contribution in [-0.2, 0) is 4.79 Å². The van der Waals surface area contributed by atoms with E-state index in [1.807, 2.05) is 6.07 Å². The predicted octanol–water partition coefficient (Wildman–Crippen LogP) is 3.37. The number of phenols is 1. The first-order valence-electron chi connectivity index (χ1n) is 9.22. The van der Waals surface area contributed by atoms with Crippen LogP contribution in [0.2, 0.25) is 0 Å². The van der Waals surface area contributed by atoms with Crippen molar-refractivity contribution in [1.82, 2.24) is 4.57 Å². The number of carboxylic acids is 1. The second-order valence-corrected chi connectivity index (χ2v) is 6.92. The number of aromatic nitrogens is 1. The van der Waals surface area contributed by atoms with Crippen molar-refractivity contribution in [2.24, 2.45) is 0 Å². The first-order chi connectivity index (χ1) is 14.4. The van der Waals surface area contributed by atoms with Crippen LogP contribution in [0.1, 0.15) is 34.0 Å². The molecule has 0 saturated carbocycles. The van der Waals surface area contributed by atoms with Crippen LogP contribution in [0.3, 0.4) is 0 Å². The molecule has 1 aromatic heterocycles. The molecule has 0 aliphatic carbocycles. The summed E-state index contributed by atoms with van der Waals surface area (Å²) in [5.41, 5.74) is 2.22. The Kier molecular flexibility index (Phi) is 4.83. The molecule has 3 aromatic rings. The summed E-state index contributed by atoms with van der Waals surface area (Å²) in [7, 11) is 3.00. The smallest absolute Gasteiger partial charge is 0.339 e. The molecule has 30 heavy (non-hydrogen) atoms. The number of carbonyl (C=O) groups excluding carboxylic acids is 1. The largest absolute Gasteiger partial charge is 0.504 e. The maximum Gasteiger partial charge on any atom is 0.339 e. The van der Waals surface area contributed by atoms with Crippen LogP contribution in [0, 0.1) is 0 Å². The van der Waals surface area contributed by atoms with Crippen molar-refractivity contribution in [3.8, 4) is 22.9 Å². The number of fused-ring (bicyclic) bond motifs is 1. The van der Waals surface area contributed by atoms with Crippen molar-refractivity contribution >= 4 is 17.6 Å². The SMILES string of the molecule is COc1cccc(-n2cc(C(=O)O)c3c2[C@@H](c2ccc(OC)c(O)c2)CC(=O)N3)c1. The van der Waals surface area contributed by atoms with Crippen molar-refractivity contribution < 1.29 is 29.3 Å². The monoisotopic (exact) mass is 408 g/mol. The number of nitrogens with zero attached hydrogens (tertiary/aromatic N) is 1. The summed E-state index contributed by atoms with van der Waals surface area (Å²) in [6.07, 6.45) is 1.59. The minimum atomic E-state index is -1.15. The van der Waals surface area contributed by atoms with Crippen LogP contribution in [0.4, 0.5) is 5.69 Å². The molecule has 0 bridgehead atoms. The highest BCUT2D eigenvalue weighted by atomic mass is 16.5.